The number of esters is 2. The summed E-state index contributed by atoms with van der Waals surface area (Å²) in [6.45, 7) is 5.79. The summed E-state index contributed by atoms with van der Waals surface area (Å²) in [6.07, 6.45) is 0. The summed E-state index contributed by atoms with van der Waals surface area (Å²) in [4.78, 5) is 23.7. The third-order valence-electron chi connectivity index (χ3n) is 2.61. The maximum Gasteiger partial charge on any atom is 0.308 e. The van der Waals surface area contributed by atoms with E-state index >= 15 is 0 Å². The van der Waals surface area contributed by atoms with Crippen molar-refractivity contribution < 1.29 is 24.2 Å². The molecule has 0 radical (unpaired) electrons. The van der Waals surface area contributed by atoms with Crippen molar-refractivity contribution in [3.8, 4) is 11.5 Å². The number of carbonyl (C=O) groups excluding carboxylic acids is 2. The van der Waals surface area contributed by atoms with E-state index in [4.69, 9.17) is 9.47 Å². The van der Waals surface area contributed by atoms with E-state index in [9.17, 15) is 14.7 Å². The van der Waals surface area contributed by atoms with Crippen LogP contribution in [0.15, 0.2) is 18.2 Å². The van der Waals surface area contributed by atoms with Crippen molar-refractivity contribution in [2.75, 3.05) is 24.6 Å². The zero-order chi connectivity index (χ0) is 15.1. The SMILES string of the molecule is CCN(CCOC(C)=O)c1cccc(O)c1OC(C)=O. The van der Waals surface area contributed by atoms with E-state index in [0.717, 1.165) is 0 Å². The molecule has 110 valence electrons. The molecule has 0 saturated carbocycles. The second kappa shape index (κ2) is 7.37. The standard InChI is InChI=1S/C14H19NO5/c1-4-15(8-9-19-10(2)16)12-6-5-7-13(18)14(12)20-11(3)17/h5-7,18H,4,8-9H2,1-3H3. The summed E-state index contributed by atoms with van der Waals surface area (Å²) in [7, 11) is 0. The Morgan fingerprint density at radius 2 is 1.95 bits per heavy atom. The molecule has 0 aromatic heterocycles. The van der Waals surface area contributed by atoms with Gasteiger partial charge in [-0.25, -0.2) is 0 Å². The van der Waals surface area contributed by atoms with Crippen molar-refractivity contribution >= 4 is 17.6 Å². The first kappa shape index (κ1) is 15.8. The van der Waals surface area contributed by atoms with E-state index in [1.54, 1.807) is 12.1 Å². The van der Waals surface area contributed by atoms with Crippen molar-refractivity contribution in [2.24, 2.45) is 0 Å². The number of likely N-dealkylation sites (N-methyl/N-ethyl adjacent to an activating group) is 1. The lowest BCUT2D eigenvalue weighted by atomic mass is 10.2. The Bertz CT molecular complexity index is 486. The highest BCUT2D eigenvalue weighted by Crippen LogP contribution is 2.36. The van der Waals surface area contributed by atoms with Crippen LogP contribution in [0, 0.1) is 0 Å². The number of nitrogens with zero attached hydrogens (tertiary/aromatic N) is 1. The predicted octanol–water partition coefficient (Wildman–Crippen LogP) is 1.71. The first-order chi connectivity index (χ1) is 9.45. The lowest BCUT2D eigenvalue weighted by Crippen LogP contribution is -2.28. The van der Waals surface area contributed by atoms with Crippen molar-refractivity contribution in [3.63, 3.8) is 0 Å². The Labute approximate surface area is 117 Å². The van der Waals surface area contributed by atoms with Crippen molar-refractivity contribution in [1.82, 2.24) is 0 Å². The summed E-state index contributed by atoms with van der Waals surface area (Å²) >= 11 is 0. The summed E-state index contributed by atoms with van der Waals surface area (Å²) < 4.78 is 9.94. The van der Waals surface area contributed by atoms with Gasteiger partial charge in [0.15, 0.2) is 11.5 Å². The molecule has 0 aliphatic rings. The number of para-hydroxylation sites is 1. The lowest BCUT2D eigenvalue weighted by molar-refractivity contribution is -0.140. The van der Waals surface area contributed by atoms with Crippen LogP contribution in [0.3, 0.4) is 0 Å². The van der Waals surface area contributed by atoms with Crippen LogP contribution in [0.25, 0.3) is 0 Å². The highest BCUT2D eigenvalue weighted by molar-refractivity contribution is 5.75. The van der Waals surface area contributed by atoms with E-state index in [1.807, 2.05) is 11.8 Å². The molecule has 0 saturated heterocycles. The number of ether oxygens (including phenoxy) is 2. The number of carbonyl (C=O) groups is 2. The van der Waals surface area contributed by atoms with Gasteiger partial charge in [-0.3, -0.25) is 9.59 Å². The van der Waals surface area contributed by atoms with Crippen LogP contribution in [0.4, 0.5) is 5.69 Å². The molecule has 0 heterocycles. The normalized spacial score (nSPS) is 9.95. The highest BCUT2D eigenvalue weighted by Gasteiger charge is 2.16. The fraction of sp³-hybridized carbons (Fsp3) is 0.429. The van der Waals surface area contributed by atoms with Crippen LogP contribution in [0.5, 0.6) is 11.5 Å². The Hall–Kier alpha value is -2.24. The van der Waals surface area contributed by atoms with Crippen LogP contribution < -0.4 is 9.64 Å². The molecule has 0 spiro atoms. The van der Waals surface area contributed by atoms with Gasteiger partial charge in [0.1, 0.15) is 6.61 Å². The first-order valence-electron chi connectivity index (χ1n) is 6.34. The average Bonchev–Trinajstić information content (AvgIpc) is 2.37. The molecular weight excluding hydrogens is 262 g/mol. The summed E-state index contributed by atoms with van der Waals surface area (Å²) in [6, 6.07) is 4.84. The van der Waals surface area contributed by atoms with Gasteiger partial charge in [-0.05, 0) is 19.1 Å². The minimum absolute atomic E-state index is 0.108. The number of hydrogen-bond donors (Lipinski definition) is 1. The van der Waals surface area contributed by atoms with Gasteiger partial charge in [0, 0.05) is 20.4 Å². The summed E-state index contributed by atoms with van der Waals surface area (Å²) in [5.74, 6) is -0.853. The van der Waals surface area contributed by atoms with E-state index in [0.29, 0.717) is 18.8 Å². The molecular formula is C14H19NO5. The predicted molar refractivity (Wildman–Crippen MR) is 73.9 cm³/mol. The molecule has 0 bridgehead atoms. The second-order valence-electron chi connectivity index (χ2n) is 4.14. The van der Waals surface area contributed by atoms with Crippen molar-refractivity contribution in [1.29, 1.82) is 0 Å². The quantitative estimate of drug-likeness (QED) is 0.632. The number of hydrogen-bond acceptors (Lipinski definition) is 6. The van der Waals surface area contributed by atoms with E-state index in [1.165, 1.54) is 19.9 Å². The first-order valence-corrected chi connectivity index (χ1v) is 6.34. The maximum absolute atomic E-state index is 11.1. The van der Waals surface area contributed by atoms with Crippen molar-refractivity contribution in [3.05, 3.63) is 18.2 Å². The Balaban J connectivity index is 2.93. The van der Waals surface area contributed by atoms with Gasteiger partial charge in [0.05, 0.1) is 12.2 Å². The largest absolute Gasteiger partial charge is 0.504 e. The zero-order valence-corrected chi connectivity index (χ0v) is 11.9. The molecule has 0 fully saturated rings. The van der Waals surface area contributed by atoms with Crippen molar-refractivity contribution in [2.45, 2.75) is 20.8 Å². The Morgan fingerprint density at radius 3 is 2.50 bits per heavy atom. The van der Waals surface area contributed by atoms with Crippen LogP contribution in [0.2, 0.25) is 0 Å². The second-order valence-corrected chi connectivity index (χ2v) is 4.14. The Morgan fingerprint density at radius 1 is 1.25 bits per heavy atom. The number of rotatable bonds is 6. The molecule has 0 atom stereocenters. The van der Waals surface area contributed by atoms with Crippen LogP contribution in [-0.2, 0) is 14.3 Å². The minimum Gasteiger partial charge on any atom is -0.504 e. The van der Waals surface area contributed by atoms with Crippen LogP contribution in [0.1, 0.15) is 20.8 Å². The summed E-state index contributed by atoms with van der Waals surface area (Å²) in [5, 5.41) is 9.81. The molecule has 0 unspecified atom stereocenters. The van der Waals surface area contributed by atoms with E-state index in [2.05, 4.69) is 0 Å². The van der Waals surface area contributed by atoms with Crippen LogP contribution in [-0.4, -0.2) is 36.7 Å². The molecule has 20 heavy (non-hydrogen) atoms. The molecule has 1 aromatic rings. The third-order valence-corrected chi connectivity index (χ3v) is 2.61. The zero-order valence-electron chi connectivity index (χ0n) is 11.9. The maximum atomic E-state index is 11.1. The minimum atomic E-state index is -0.510. The monoisotopic (exact) mass is 281 g/mol. The average molecular weight is 281 g/mol. The number of phenolic OH excluding ortho intramolecular Hbond substituents is 1. The fourth-order valence-electron chi connectivity index (χ4n) is 1.76. The van der Waals surface area contributed by atoms with E-state index in [-0.39, 0.29) is 24.1 Å². The number of phenols is 1. The molecule has 1 rings (SSSR count). The molecule has 1 N–H and O–H groups in total. The molecule has 0 amide bonds. The van der Waals surface area contributed by atoms with Gasteiger partial charge in [-0.15, -0.1) is 0 Å². The number of benzene rings is 1. The smallest absolute Gasteiger partial charge is 0.308 e. The van der Waals surface area contributed by atoms with Gasteiger partial charge >= 0.3 is 11.9 Å². The molecule has 1 aromatic carbocycles. The third kappa shape index (κ3) is 4.46. The number of anilines is 1. The molecule has 6 heteroatoms. The van der Waals surface area contributed by atoms with Gasteiger partial charge in [0.25, 0.3) is 0 Å². The van der Waals surface area contributed by atoms with Gasteiger partial charge < -0.3 is 19.5 Å². The molecule has 0 aliphatic heterocycles. The lowest BCUT2D eigenvalue weighted by Gasteiger charge is -2.25. The van der Waals surface area contributed by atoms with Crippen LogP contribution >= 0.6 is 0 Å². The fourth-order valence-corrected chi connectivity index (χ4v) is 1.76. The van der Waals surface area contributed by atoms with Gasteiger partial charge in [0.2, 0.25) is 0 Å². The van der Waals surface area contributed by atoms with Gasteiger partial charge in [-0.2, -0.15) is 0 Å². The van der Waals surface area contributed by atoms with Gasteiger partial charge in [-0.1, -0.05) is 6.07 Å². The topological polar surface area (TPSA) is 76.1 Å². The van der Waals surface area contributed by atoms with E-state index < -0.39 is 5.97 Å². The summed E-state index contributed by atoms with van der Waals surface area (Å²) in [5.41, 5.74) is 0.579. The number of aromatic hydroxyl groups is 1. The molecule has 0 aliphatic carbocycles. The molecule has 6 nitrogen and oxygen atoms in total. The Kier molecular flexibility index (Phi) is 5.83. The highest BCUT2D eigenvalue weighted by atomic mass is 16.5.